The summed E-state index contributed by atoms with van der Waals surface area (Å²) in [5.41, 5.74) is 0. The Hall–Kier alpha value is -0.400. The molecule has 116 valence electrons. The van der Waals surface area contributed by atoms with Gasteiger partial charge in [-0.3, -0.25) is 0 Å². The zero-order chi connectivity index (χ0) is 15.8. The second kappa shape index (κ2) is 5.77. The molecule has 0 bridgehead atoms. The minimum absolute atomic E-state index is 0.0557. The van der Waals surface area contributed by atoms with E-state index in [9.17, 15) is 16.8 Å². The average molecular weight is 339 g/mol. The number of rotatable bonds is 5. The van der Waals surface area contributed by atoms with Gasteiger partial charge < -0.3 is 0 Å². The molecule has 0 N–H and O–H groups in total. The number of hydrogen-bond donors (Lipinski definition) is 0. The first-order chi connectivity index (χ1) is 8.88. The molecule has 0 unspecified atom stereocenters. The van der Waals surface area contributed by atoms with Gasteiger partial charge in [-0.2, -0.15) is 0 Å². The van der Waals surface area contributed by atoms with Crippen molar-refractivity contribution in [3.8, 4) is 0 Å². The zero-order valence-electron chi connectivity index (χ0n) is 12.5. The van der Waals surface area contributed by atoms with Crippen molar-refractivity contribution in [2.24, 2.45) is 5.92 Å². The molecule has 1 rings (SSSR count). The molecule has 0 fully saturated rings. The van der Waals surface area contributed by atoms with E-state index >= 15 is 0 Å². The average Bonchev–Trinajstić information content (AvgIpc) is 2.75. The summed E-state index contributed by atoms with van der Waals surface area (Å²) in [7, 11) is -6.88. The lowest BCUT2D eigenvalue weighted by molar-refractivity contribution is 0.562. The number of thiophene rings is 1. The van der Waals surface area contributed by atoms with Crippen LogP contribution in [0, 0.1) is 5.92 Å². The standard InChI is InChI=1S/C13H22O4S3/c1-10(2)8-9-19(14,15)11-6-7-12(18-11)20(16,17)13(3,4)5/h6-7,10H,8-9H2,1-5H3. The van der Waals surface area contributed by atoms with Crippen molar-refractivity contribution in [3.05, 3.63) is 12.1 Å². The van der Waals surface area contributed by atoms with E-state index in [-0.39, 0.29) is 14.2 Å². The van der Waals surface area contributed by atoms with Crippen LogP contribution in [0.4, 0.5) is 0 Å². The molecule has 1 aromatic heterocycles. The van der Waals surface area contributed by atoms with Crippen LogP contribution in [0.3, 0.4) is 0 Å². The summed E-state index contributed by atoms with van der Waals surface area (Å²) in [5.74, 6) is 0.350. The summed E-state index contributed by atoms with van der Waals surface area (Å²) in [6.07, 6.45) is 0.571. The molecule has 0 spiro atoms. The quantitative estimate of drug-likeness (QED) is 0.827. The van der Waals surface area contributed by atoms with Gasteiger partial charge in [0, 0.05) is 0 Å². The van der Waals surface area contributed by atoms with Crippen molar-refractivity contribution in [3.63, 3.8) is 0 Å². The summed E-state index contributed by atoms with van der Waals surface area (Å²) < 4.78 is 48.2. The SMILES string of the molecule is CC(C)CCS(=O)(=O)c1ccc(S(=O)(=O)C(C)(C)C)s1. The van der Waals surface area contributed by atoms with Crippen molar-refractivity contribution < 1.29 is 16.8 Å². The fourth-order valence-corrected chi connectivity index (χ4v) is 6.63. The maximum Gasteiger partial charge on any atom is 0.192 e. The zero-order valence-corrected chi connectivity index (χ0v) is 15.0. The molecule has 0 radical (unpaired) electrons. The van der Waals surface area contributed by atoms with Gasteiger partial charge in [0.1, 0.15) is 8.42 Å². The van der Waals surface area contributed by atoms with Gasteiger partial charge in [-0.1, -0.05) is 13.8 Å². The van der Waals surface area contributed by atoms with Crippen LogP contribution >= 0.6 is 11.3 Å². The van der Waals surface area contributed by atoms with Crippen LogP contribution < -0.4 is 0 Å². The van der Waals surface area contributed by atoms with Gasteiger partial charge in [-0.05, 0) is 45.2 Å². The number of sulfone groups is 2. The molecule has 0 aliphatic carbocycles. The third-order valence-corrected chi connectivity index (χ3v) is 9.29. The molecular formula is C13H22O4S3. The molecule has 0 saturated carbocycles. The molecule has 1 aromatic rings. The highest BCUT2D eigenvalue weighted by atomic mass is 32.3. The molecule has 0 aliphatic rings. The van der Waals surface area contributed by atoms with Gasteiger partial charge in [-0.25, -0.2) is 16.8 Å². The Balaban J connectivity index is 3.11. The largest absolute Gasteiger partial charge is 0.223 e. The van der Waals surface area contributed by atoms with E-state index in [1.54, 1.807) is 20.8 Å². The first-order valence-corrected chi connectivity index (χ1v) is 10.4. The van der Waals surface area contributed by atoms with E-state index < -0.39 is 24.4 Å². The van der Waals surface area contributed by atoms with Gasteiger partial charge in [0.2, 0.25) is 0 Å². The maximum atomic E-state index is 12.3. The smallest absolute Gasteiger partial charge is 0.192 e. The highest BCUT2D eigenvalue weighted by Gasteiger charge is 2.33. The van der Waals surface area contributed by atoms with Crippen molar-refractivity contribution in [2.45, 2.75) is 54.2 Å². The first kappa shape index (κ1) is 17.7. The third kappa shape index (κ3) is 3.83. The summed E-state index contributed by atoms with van der Waals surface area (Å²) in [4.78, 5) is 0. The first-order valence-electron chi connectivity index (χ1n) is 6.45. The summed E-state index contributed by atoms with van der Waals surface area (Å²) in [6.45, 7) is 8.73. The summed E-state index contributed by atoms with van der Waals surface area (Å²) in [6, 6.07) is 2.80. The van der Waals surface area contributed by atoms with Gasteiger partial charge in [0.25, 0.3) is 0 Å². The highest BCUT2D eigenvalue weighted by molar-refractivity contribution is 7.96. The Morgan fingerprint density at radius 2 is 1.55 bits per heavy atom. The van der Waals surface area contributed by atoms with Crippen molar-refractivity contribution in [1.82, 2.24) is 0 Å². The molecule has 0 atom stereocenters. The van der Waals surface area contributed by atoms with Crippen LogP contribution in [0.1, 0.15) is 41.0 Å². The van der Waals surface area contributed by atoms with Gasteiger partial charge in [0.15, 0.2) is 19.7 Å². The Kier molecular flexibility index (Phi) is 5.09. The van der Waals surface area contributed by atoms with E-state index in [2.05, 4.69) is 0 Å². The van der Waals surface area contributed by atoms with Gasteiger partial charge >= 0.3 is 0 Å². The Labute approximate surface area is 126 Å². The topological polar surface area (TPSA) is 68.3 Å². The Morgan fingerprint density at radius 3 is 2.00 bits per heavy atom. The van der Waals surface area contributed by atoms with Crippen molar-refractivity contribution in [1.29, 1.82) is 0 Å². The predicted molar refractivity (Wildman–Crippen MR) is 82.8 cm³/mol. The molecule has 0 amide bonds. The molecule has 20 heavy (non-hydrogen) atoms. The van der Waals surface area contributed by atoms with E-state index in [0.717, 1.165) is 11.3 Å². The van der Waals surface area contributed by atoms with Crippen molar-refractivity contribution >= 4 is 31.0 Å². The van der Waals surface area contributed by atoms with Crippen LogP contribution in [-0.2, 0) is 19.7 Å². The van der Waals surface area contributed by atoms with Gasteiger partial charge in [-0.15, -0.1) is 11.3 Å². The van der Waals surface area contributed by atoms with E-state index in [0.29, 0.717) is 12.3 Å². The lowest BCUT2D eigenvalue weighted by Crippen LogP contribution is -2.27. The molecular weight excluding hydrogens is 316 g/mol. The van der Waals surface area contributed by atoms with Crippen LogP contribution in [0.2, 0.25) is 0 Å². The van der Waals surface area contributed by atoms with E-state index in [1.165, 1.54) is 12.1 Å². The highest BCUT2D eigenvalue weighted by Crippen LogP contribution is 2.33. The lowest BCUT2D eigenvalue weighted by atomic mass is 10.2. The van der Waals surface area contributed by atoms with Crippen LogP contribution in [0.15, 0.2) is 20.6 Å². The Bertz CT molecular complexity index is 659. The number of hydrogen-bond acceptors (Lipinski definition) is 5. The molecule has 7 heteroatoms. The van der Waals surface area contributed by atoms with Crippen LogP contribution in [0.25, 0.3) is 0 Å². The second-order valence-corrected chi connectivity index (χ2v) is 12.5. The van der Waals surface area contributed by atoms with Crippen LogP contribution in [0.5, 0.6) is 0 Å². The molecule has 0 aromatic carbocycles. The predicted octanol–water partition coefficient (Wildman–Crippen LogP) is 3.14. The minimum atomic E-state index is -3.49. The maximum absolute atomic E-state index is 12.3. The van der Waals surface area contributed by atoms with Crippen molar-refractivity contribution in [2.75, 3.05) is 5.75 Å². The third-order valence-electron chi connectivity index (χ3n) is 2.90. The van der Waals surface area contributed by atoms with E-state index in [1.807, 2.05) is 13.8 Å². The summed E-state index contributed by atoms with van der Waals surface area (Å²) >= 11 is 0.849. The molecule has 0 saturated heterocycles. The minimum Gasteiger partial charge on any atom is -0.223 e. The summed E-state index contributed by atoms with van der Waals surface area (Å²) in [5, 5.41) is 0. The normalized spacial score (nSPS) is 13.9. The Morgan fingerprint density at radius 1 is 1.05 bits per heavy atom. The van der Waals surface area contributed by atoms with E-state index in [4.69, 9.17) is 0 Å². The monoisotopic (exact) mass is 338 g/mol. The molecule has 4 nitrogen and oxygen atoms in total. The molecule has 0 aliphatic heterocycles. The molecule has 1 heterocycles. The fourth-order valence-electron chi connectivity index (χ4n) is 1.41. The van der Waals surface area contributed by atoms with Crippen LogP contribution in [-0.4, -0.2) is 27.3 Å². The second-order valence-electron chi connectivity index (χ2n) is 6.19. The fraction of sp³-hybridized carbons (Fsp3) is 0.692. The lowest BCUT2D eigenvalue weighted by Gasteiger charge is -2.17. The van der Waals surface area contributed by atoms with Gasteiger partial charge in [0.05, 0.1) is 10.5 Å².